The molecule has 0 saturated carbocycles. The normalized spacial score (nSPS) is 10.4. The molecule has 0 spiro atoms. The fraction of sp³-hybridized carbons (Fsp3) is 0.231. The Bertz CT molecular complexity index is 572. The second-order valence-electron chi connectivity index (χ2n) is 3.95. The molecule has 0 radical (unpaired) electrons. The average molecular weight is 327 g/mol. The van der Waals surface area contributed by atoms with Gasteiger partial charge in [0, 0.05) is 17.0 Å². The summed E-state index contributed by atoms with van der Waals surface area (Å²) in [6.45, 7) is 4.04. The SMILES string of the molecule is CCc1nc(Cl)cc(Nc2cc(C)ccc2Br)n1. The third kappa shape index (κ3) is 3.21. The highest BCUT2D eigenvalue weighted by atomic mass is 79.9. The highest BCUT2D eigenvalue weighted by Crippen LogP contribution is 2.26. The molecule has 0 saturated heterocycles. The largest absolute Gasteiger partial charge is 0.339 e. The molecule has 1 heterocycles. The average Bonchev–Trinajstić information content (AvgIpc) is 2.33. The third-order valence-corrected chi connectivity index (χ3v) is 3.33. The van der Waals surface area contributed by atoms with Gasteiger partial charge in [-0.15, -0.1) is 0 Å². The van der Waals surface area contributed by atoms with Crippen molar-refractivity contribution in [3.05, 3.63) is 45.3 Å². The molecule has 0 unspecified atom stereocenters. The first kappa shape index (κ1) is 13.3. The summed E-state index contributed by atoms with van der Waals surface area (Å²) >= 11 is 9.47. The summed E-state index contributed by atoms with van der Waals surface area (Å²) in [4.78, 5) is 8.53. The third-order valence-electron chi connectivity index (χ3n) is 2.44. The van der Waals surface area contributed by atoms with Crippen molar-refractivity contribution in [3.8, 4) is 0 Å². The van der Waals surface area contributed by atoms with E-state index in [1.165, 1.54) is 5.56 Å². The predicted molar refractivity (Wildman–Crippen MR) is 78.6 cm³/mol. The van der Waals surface area contributed by atoms with Crippen LogP contribution in [0.3, 0.4) is 0 Å². The summed E-state index contributed by atoms with van der Waals surface area (Å²) in [7, 11) is 0. The van der Waals surface area contributed by atoms with Crippen LogP contribution in [0.5, 0.6) is 0 Å². The van der Waals surface area contributed by atoms with Gasteiger partial charge in [0.1, 0.15) is 16.8 Å². The van der Waals surface area contributed by atoms with Crippen molar-refractivity contribution in [1.82, 2.24) is 9.97 Å². The molecule has 0 fully saturated rings. The first-order valence-corrected chi connectivity index (χ1v) is 6.82. The van der Waals surface area contributed by atoms with Gasteiger partial charge < -0.3 is 5.32 Å². The molecule has 5 heteroatoms. The molecule has 2 rings (SSSR count). The van der Waals surface area contributed by atoms with E-state index < -0.39 is 0 Å². The van der Waals surface area contributed by atoms with Gasteiger partial charge in [0.05, 0.1) is 5.69 Å². The van der Waals surface area contributed by atoms with Crippen LogP contribution in [0.15, 0.2) is 28.7 Å². The van der Waals surface area contributed by atoms with E-state index in [4.69, 9.17) is 11.6 Å². The van der Waals surface area contributed by atoms with Gasteiger partial charge in [-0.1, -0.05) is 24.6 Å². The van der Waals surface area contributed by atoms with E-state index in [0.29, 0.717) is 11.0 Å². The molecule has 18 heavy (non-hydrogen) atoms. The molecule has 0 amide bonds. The molecule has 0 aliphatic carbocycles. The van der Waals surface area contributed by atoms with Gasteiger partial charge in [-0.25, -0.2) is 9.97 Å². The lowest BCUT2D eigenvalue weighted by Gasteiger charge is -2.10. The minimum absolute atomic E-state index is 0.452. The van der Waals surface area contributed by atoms with Gasteiger partial charge in [-0.05, 0) is 40.5 Å². The van der Waals surface area contributed by atoms with Crippen molar-refractivity contribution in [1.29, 1.82) is 0 Å². The van der Waals surface area contributed by atoms with Crippen molar-refractivity contribution in [2.75, 3.05) is 5.32 Å². The maximum atomic E-state index is 5.96. The lowest BCUT2D eigenvalue weighted by molar-refractivity contribution is 0.943. The molecule has 2 aromatic rings. The van der Waals surface area contributed by atoms with Gasteiger partial charge >= 0.3 is 0 Å². The number of nitrogens with one attached hydrogen (secondary N) is 1. The van der Waals surface area contributed by atoms with Gasteiger partial charge in [-0.3, -0.25) is 0 Å². The number of nitrogens with zero attached hydrogens (tertiary/aromatic N) is 2. The van der Waals surface area contributed by atoms with Crippen LogP contribution in [-0.4, -0.2) is 9.97 Å². The van der Waals surface area contributed by atoms with E-state index in [1.54, 1.807) is 6.07 Å². The number of halogens is 2. The Morgan fingerprint density at radius 2 is 2.06 bits per heavy atom. The van der Waals surface area contributed by atoms with Gasteiger partial charge in [0.25, 0.3) is 0 Å². The zero-order valence-electron chi connectivity index (χ0n) is 10.2. The topological polar surface area (TPSA) is 37.8 Å². The van der Waals surface area contributed by atoms with Crippen LogP contribution >= 0.6 is 27.5 Å². The number of anilines is 2. The Balaban J connectivity index is 2.33. The van der Waals surface area contributed by atoms with Crippen molar-refractivity contribution in [2.24, 2.45) is 0 Å². The van der Waals surface area contributed by atoms with Gasteiger partial charge in [0.15, 0.2) is 0 Å². The van der Waals surface area contributed by atoms with Crippen LogP contribution in [0.4, 0.5) is 11.5 Å². The number of hydrogen-bond acceptors (Lipinski definition) is 3. The molecule has 1 aromatic carbocycles. The van der Waals surface area contributed by atoms with E-state index in [1.807, 2.05) is 32.0 Å². The minimum atomic E-state index is 0.452. The summed E-state index contributed by atoms with van der Waals surface area (Å²) in [6.07, 6.45) is 0.754. The van der Waals surface area contributed by atoms with Gasteiger partial charge in [0.2, 0.25) is 0 Å². The second-order valence-corrected chi connectivity index (χ2v) is 5.20. The molecular formula is C13H13BrClN3. The Kier molecular flexibility index (Phi) is 4.19. The molecule has 3 nitrogen and oxygen atoms in total. The summed E-state index contributed by atoms with van der Waals surface area (Å²) in [6, 6.07) is 7.81. The Hall–Kier alpha value is -1.13. The second kappa shape index (κ2) is 5.67. The number of aryl methyl sites for hydroxylation is 2. The van der Waals surface area contributed by atoms with E-state index in [0.717, 1.165) is 22.4 Å². The van der Waals surface area contributed by atoms with Crippen molar-refractivity contribution in [2.45, 2.75) is 20.3 Å². The van der Waals surface area contributed by atoms with Crippen molar-refractivity contribution < 1.29 is 0 Å². The number of rotatable bonds is 3. The molecule has 0 atom stereocenters. The van der Waals surface area contributed by atoms with Crippen LogP contribution in [0.2, 0.25) is 5.15 Å². The first-order valence-electron chi connectivity index (χ1n) is 5.65. The Labute approximate surface area is 120 Å². The zero-order valence-corrected chi connectivity index (χ0v) is 12.5. The fourth-order valence-corrected chi connectivity index (χ4v) is 2.11. The Morgan fingerprint density at radius 1 is 1.28 bits per heavy atom. The molecule has 1 aromatic heterocycles. The number of aromatic nitrogens is 2. The summed E-state index contributed by atoms with van der Waals surface area (Å²) in [5.74, 6) is 1.44. The lowest BCUT2D eigenvalue weighted by atomic mass is 10.2. The fourth-order valence-electron chi connectivity index (χ4n) is 1.56. The molecule has 94 valence electrons. The maximum absolute atomic E-state index is 5.96. The lowest BCUT2D eigenvalue weighted by Crippen LogP contribution is -2.00. The monoisotopic (exact) mass is 325 g/mol. The van der Waals surface area contributed by atoms with E-state index >= 15 is 0 Å². The highest BCUT2D eigenvalue weighted by Gasteiger charge is 2.05. The quantitative estimate of drug-likeness (QED) is 0.843. The minimum Gasteiger partial charge on any atom is -0.339 e. The van der Waals surface area contributed by atoms with E-state index in [-0.39, 0.29) is 0 Å². The molecule has 0 bridgehead atoms. The van der Waals surface area contributed by atoms with E-state index in [9.17, 15) is 0 Å². The van der Waals surface area contributed by atoms with Crippen LogP contribution in [0.1, 0.15) is 18.3 Å². The molecule has 0 aliphatic heterocycles. The van der Waals surface area contributed by atoms with Crippen LogP contribution in [-0.2, 0) is 6.42 Å². The molecule has 1 N–H and O–H groups in total. The standard InChI is InChI=1S/C13H13BrClN3/c1-3-12-17-11(15)7-13(18-12)16-10-6-8(2)4-5-9(10)14/h4-7H,3H2,1-2H3,(H,16,17,18). The van der Waals surface area contributed by atoms with Crippen LogP contribution in [0.25, 0.3) is 0 Å². The number of benzene rings is 1. The Morgan fingerprint density at radius 3 is 2.78 bits per heavy atom. The van der Waals surface area contributed by atoms with E-state index in [2.05, 4.69) is 31.2 Å². The van der Waals surface area contributed by atoms with Crippen molar-refractivity contribution in [3.63, 3.8) is 0 Å². The van der Waals surface area contributed by atoms with Crippen molar-refractivity contribution >= 4 is 39.0 Å². The summed E-state index contributed by atoms with van der Waals surface area (Å²) in [5.41, 5.74) is 2.14. The number of hydrogen-bond donors (Lipinski definition) is 1. The maximum Gasteiger partial charge on any atom is 0.135 e. The van der Waals surface area contributed by atoms with Gasteiger partial charge in [-0.2, -0.15) is 0 Å². The zero-order chi connectivity index (χ0) is 13.1. The predicted octanol–water partition coefficient (Wildman–Crippen LogP) is 4.51. The summed E-state index contributed by atoms with van der Waals surface area (Å²) in [5, 5.41) is 3.70. The van der Waals surface area contributed by atoms with Crippen LogP contribution < -0.4 is 5.32 Å². The summed E-state index contributed by atoms with van der Waals surface area (Å²) < 4.78 is 0.987. The smallest absolute Gasteiger partial charge is 0.135 e. The molecule has 0 aliphatic rings. The highest BCUT2D eigenvalue weighted by molar-refractivity contribution is 9.10. The first-order chi connectivity index (χ1) is 8.58. The van der Waals surface area contributed by atoms with Crippen LogP contribution in [0, 0.1) is 6.92 Å². The molecular weight excluding hydrogens is 314 g/mol.